The number of benzene rings is 2. The molecule has 94 valence electrons. The van der Waals surface area contributed by atoms with E-state index in [0.29, 0.717) is 6.42 Å². The SMILES string of the molecule is O=C(O)CCc1ccc2cc3ccccc3nc2c1. The number of aromatic nitrogens is 1. The van der Waals surface area contributed by atoms with Crippen molar-refractivity contribution >= 4 is 27.8 Å². The summed E-state index contributed by atoms with van der Waals surface area (Å²) in [7, 11) is 0. The molecule has 1 heterocycles. The lowest BCUT2D eigenvalue weighted by molar-refractivity contribution is -0.136. The molecule has 0 bridgehead atoms. The molecule has 19 heavy (non-hydrogen) atoms. The summed E-state index contributed by atoms with van der Waals surface area (Å²) in [4.78, 5) is 15.2. The van der Waals surface area contributed by atoms with Crippen molar-refractivity contribution in [3.05, 3.63) is 54.1 Å². The van der Waals surface area contributed by atoms with E-state index in [1.165, 1.54) is 0 Å². The molecule has 0 aliphatic carbocycles. The van der Waals surface area contributed by atoms with Gasteiger partial charge in [-0.15, -0.1) is 0 Å². The average molecular weight is 251 g/mol. The molecule has 3 rings (SSSR count). The minimum absolute atomic E-state index is 0.152. The number of hydrogen-bond donors (Lipinski definition) is 1. The van der Waals surface area contributed by atoms with Crippen LogP contribution in [0.25, 0.3) is 21.8 Å². The van der Waals surface area contributed by atoms with E-state index in [9.17, 15) is 4.79 Å². The van der Waals surface area contributed by atoms with Crippen LogP contribution in [0.5, 0.6) is 0 Å². The van der Waals surface area contributed by atoms with E-state index < -0.39 is 5.97 Å². The number of fused-ring (bicyclic) bond motifs is 2. The van der Waals surface area contributed by atoms with Gasteiger partial charge >= 0.3 is 5.97 Å². The predicted molar refractivity (Wildman–Crippen MR) is 75.2 cm³/mol. The van der Waals surface area contributed by atoms with Crippen LogP contribution in [0, 0.1) is 0 Å². The highest BCUT2D eigenvalue weighted by atomic mass is 16.4. The normalized spacial score (nSPS) is 10.9. The molecular formula is C16H13NO2. The first-order valence-corrected chi connectivity index (χ1v) is 6.22. The molecule has 1 aromatic heterocycles. The summed E-state index contributed by atoms with van der Waals surface area (Å²) in [6.45, 7) is 0. The number of aryl methyl sites for hydroxylation is 1. The van der Waals surface area contributed by atoms with Crippen molar-refractivity contribution < 1.29 is 9.90 Å². The summed E-state index contributed by atoms with van der Waals surface area (Å²) in [6, 6.07) is 16.1. The molecule has 0 spiro atoms. The zero-order valence-electron chi connectivity index (χ0n) is 10.3. The number of pyridine rings is 1. The molecular weight excluding hydrogens is 238 g/mol. The molecule has 0 amide bonds. The van der Waals surface area contributed by atoms with E-state index in [4.69, 9.17) is 5.11 Å². The third-order valence-electron chi connectivity index (χ3n) is 3.21. The third kappa shape index (κ3) is 2.40. The van der Waals surface area contributed by atoms with E-state index in [2.05, 4.69) is 11.1 Å². The van der Waals surface area contributed by atoms with Crippen molar-refractivity contribution in [1.82, 2.24) is 4.98 Å². The van der Waals surface area contributed by atoms with Gasteiger partial charge in [-0.1, -0.05) is 30.3 Å². The quantitative estimate of drug-likeness (QED) is 0.726. The largest absolute Gasteiger partial charge is 0.481 e. The second kappa shape index (κ2) is 4.69. The molecule has 3 aromatic rings. The zero-order chi connectivity index (χ0) is 13.2. The topological polar surface area (TPSA) is 50.2 Å². The first kappa shape index (κ1) is 11.7. The van der Waals surface area contributed by atoms with Crippen molar-refractivity contribution in [1.29, 1.82) is 0 Å². The van der Waals surface area contributed by atoms with Crippen LogP contribution < -0.4 is 0 Å². The van der Waals surface area contributed by atoms with Gasteiger partial charge in [0.25, 0.3) is 0 Å². The summed E-state index contributed by atoms with van der Waals surface area (Å²) in [5.41, 5.74) is 2.89. The molecule has 3 heteroatoms. The maximum atomic E-state index is 10.6. The molecule has 0 saturated carbocycles. The van der Waals surface area contributed by atoms with Crippen LogP contribution in [0.15, 0.2) is 48.5 Å². The van der Waals surface area contributed by atoms with Gasteiger partial charge in [-0.25, -0.2) is 4.98 Å². The minimum Gasteiger partial charge on any atom is -0.481 e. The minimum atomic E-state index is -0.772. The van der Waals surface area contributed by atoms with Crippen LogP contribution in [-0.4, -0.2) is 16.1 Å². The van der Waals surface area contributed by atoms with Crippen molar-refractivity contribution in [2.45, 2.75) is 12.8 Å². The fraction of sp³-hybridized carbons (Fsp3) is 0.125. The molecule has 0 unspecified atom stereocenters. The Bertz CT molecular complexity index is 765. The Morgan fingerprint density at radius 2 is 1.79 bits per heavy atom. The van der Waals surface area contributed by atoms with E-state index >= 15 is 0 Å². The van der Waals surface area contributed by atoms with Crippen LogP contribution in [0.1, 0.15) is 12.0 Å². The maximum absolute atomic E-state index is 10.6. The summed E-state index contributed by atoms with van der Waals surface area (Å²) < 4.78 is 0. The van der Waals surface area contributed by atoms with Gasteiger partial charge < -0.3 is 5.11 Å². The molecule has 2 aromatic carbocycles. The standard InChI is InChI=1S/C16H13NO2/c18-16(19)8-6-11-5-7-13-10-12-3-1-2-4-14(12)17-15(13)9-11/h1-5,7,9-10H,6,8H2,(H,18,19). The van der Waals surface area contributed by atoms with Crippen molar-refractivity contribution in [3.63, 3.8) is 0 Å². The molecule has 0 fully saturated rings. The number of aliphatic carboxylic acids is 1. The number of carboxylic acid groups (broad SMARTS) is 1. The van der Waals surface area contributed by atoms with Gasteiger partial charge in [0.05, 0.1) is 11.0 Å². The Hall–Kier alpha value is -2.42. The van der Waals surface area contributed by atoms with Crippen LogP contribution in [0.4, 0.5) is 0 Å². The predicted octanol–water partition coefficient (Wildman–Crippen LogP) is 3.41. The van der Waals surface area contributed by atoms with Crippen LogP contribution in [0.2, 0.25) is 0 Å². The third-order valence-corrected chi connectivity index (χ3v) is 3.21. The molecule has 3 nitrogen and oxygen atoms in total. The number of carbonyl (C=O) groups is 1. The second-order valence-electron chi connectivity index (χ2n) is 4.60. The van der Waals surface area contributed by atoms with Crippen LogP contribution in [-0.2, 0) is 11.2 Å². The average Bonchev–Trinajstić information content (AvgIpc) is 2.42. The van der Waals surface area contributed by atoms with Crippen molar-refractivity contribution in [2.75, 3.05) is 0 Å². The van der Waals surface area contributed by atoms with Gasteiger partial charge in [0, 0.05) is 17.2 Å². The summed E-state index contributed by atoms with van der Waals surface area (Å²) in [5, 5.41) is 10.9. The highest BCUT2D eigenvalue weighted by Gasteiger charge is 2.03. The molecule has 0 aliphatic heterocycles. The maximum Gasteiger partial charge on any atom is 0.303 e. The fourth-order valence-corrected chi connectivity index (χ4v) is 2.22. The summed E-state index contributed by atoms with van der Waals surface area (Å²) in [5.74, 6) is -0.772. The first-order valence-electron chi connectivity index (χ1n) is 6.22. The van der Waals surface area contributed by atoms with E-state index in [0.717, 1.165) is 27.4 Å². The Labute approximate surface area is 110 Å². The summed E-state index contributed by atoms with van der Waals surface area (Å²) in [6.07, 6.45) is 0.693. The zero-order valence-corrected chi connectivity index (χ0v) is 10.3. The second-order valence-corrected chi connectivity index (χ2v) is 4.60. The first-order chi connectivity index (χ1) is 9.22. The number of carboxylic acids is 1. The Balaban J connectivity index is 2.06. The van der Waals surface area contributed by atoms with E-state index in [-0.39, 0.29) is 6.42 Å². The Kier molecular flexibility index (Phi) is 2.88. The van der Waals surface area contributed by atoms with Crippen LogP contribution >= 0.6 is 0 Å². The highest BCUT2D eigenvalue weighted by molar-refractivity contribution is 5.92. The van der Waals surface area contributed by atoms with E-state index in [1.54, 1.807) is 0 Å². The number of nitrogens with zero attached hydrogens (tertiary/aromatic N) is 1. The highest BCUT2D eigenvalue weighted by Crippen LogP contribution is 2.21. The Morgan fingerprint density at radius 3 is 2.63 bits per heavy atom. The van der Waals surface area contributed by atoms with Gasteiger partial charge in [-0.2, -0.15) is 0 Å². The smallest absolute Gasteiger partial charge is 0.303 e. The van der Waals surface area contributed by atoms with Gasteiger partial charge in [0.1, 0.15) is 0 Å². The summed E-state index contributed by atoms with van der Waals surface area (Å²) >= 11 is 0. The number of rotatable bonds is 3. The molecule has 1 N–H and O–H groups in total. The number of hydrogen-bond acceptors (Lipinski definition) is 2. The molecule has 0 atom stereocenters. The fourth-order valence-electron chi connectivity index (χ4n) is 2.22. The van der Waals surface area contributed by atoms with Gasteiger partial charge in [-0.05, 0) is 30.2 Å². The van der Waals surface area contributed by atoms with Crippen molar-refractivity contribution in [3.8, 4) is 0 Å². The van der Waals surface area contributed by atoms with Crippen LogP contribution in [0.3, 0.4) is 0 Å². The Morgan fingerprint density at radius 1 is 1.00 bits per heavy atom. The van der Waals surface area contributed by atoms with Crippen molar-refractivity contribution in [2.24, 2.45) is 0 Å². The lowest BCUT2D eigenvalue weighted by Crippen LogP contribution is -1.97. The lowest BCUT2D eigenvalue weighted by Gasteiger charge is -2.04. The lowest BCUT2D eigenvalue weighted by atomic mass is 10.1. The van der Waals surface area contributed by atoms with E-state index in [1.807, 2.05) is 42.5 Å². The van der Waals surface area contributed by atoms with Gasteiger partial charge in [0.15, 0.2) is 0 Å². The monoisotopic (exact) mass is 251 g/mol. The molecule has 0 radical (unpaired) electrons. The van der Waals surface area contributed by atoms with Gasteiger partial charge in [-0.3, -0.25) is 4.79 Å². The number of para-hydroxylation sites is 1. The molecule has 0 saturated heterocycles. The molecule has 0 aliphatic rings. The van der Waals surface area contributed by atoms with Gasteiger partial charge in [0.2, 0.25) is 0 Å².